The van der Waals surface area contributed by atoms with Gasteiger partial charge in [0.05, 0.1) is 24.2 Å². The zero-order valence-electron chi connectivity index (χ0n) is 18.2. The lowest BCUT2D eigenvalue weighted by Crippen LogP contribution is -2.44. The van der Waals surface area contributed by atoms with Crippen molar-refractivity contribution in [1.29, 1.82) is 0 Å². The van der Waals surface area contributed by atoms with Crippen molar-refractivity contribution >= 4 is 11.4 Å². The summed E-state index contributed by atoms with van der Waals surface area (Å²) in [6, 6.07) is 9.05. The van der Waals surface area contributed by atoms with Gasteiger partial charge >= 0.3 is 0 Å². The molecule has 5 nitrogen and oxygen atoms in total. The van der Waals surface area contributed by atoms with Crippen LogP contribution in [0.4, 0.5) is 15.8 Å². The van der Waals surface area contributed by atoms with Crippen LogP contribution in [-0.4, -0.2) is 43.9 Å². The Bertz CT molecular complexity index is 845. The van der Waals surface area contributed by atoms with Gasteiger partial charge in [-0.15, -0.1) is 0 Å². The third kappa shape index (κ3) is 4.63. The van der Waals surface area contributed by atoms with Crippen LogP contribution in [0.25, 0.3) is 0 Å². The molecule has 30 heavy (non-hydrogen) atoms. The SMILES string of the molecule is CCOc1ccc(F)c(N2CCC(Oc3ccc(N4CC[C@@H](C)C4)cn3)C(C)C2)c1. The fourth-order valence-electron chi connectivity index (χ4n) is 4.46. The number of benzene rings is 1. The van der Waals surface area contributed by atoms with E-state index in [1.807, 2.05) is 19.2 Å². The van der Waals surface area contributed by atoms with Crippen molar-refractivity contribution in [3.8, 4) is 11.6 Å². The lowest BCUT2D eigenvalue weighted by atomic mass is 9.96. The van der Waals surface area contributed by atoms with E-state index in [9.17, 15) is 4.39 Å². The van der Waals surface area contributed by atoms with Gasteiger partial charge < -0.3 is 19.3 Å². The van der Waals surface area contributed by atoms with Crippen LogP contribution in [0, 0.1) is 17.7 Å². The number of aromatic nitrogens is 1. The first-order chi connectivity index (χ1) is 14.5. The van der Waals surface area contributed by atoms with E-state index in [1.165, 1.54) is 18.2 Å². The molecule has 4 rings (SSSR count). The maximum atomic E-state index is 14.4. The smallest absolute Gasteiger partial charge is 0.213 e. The van der Waals surface area contributed by atoms with E-state index in [0.717, 1.165) is 38.5 Å². The van der Waals surface area contributed by atoms with Crippen molar-refractivity contribution in [2.45, 2.75) is 39.7 Å². The van der Waals surface area contributed by atoms with Gasteiger partial charge in [-0.05, 0) is 37.5 Å². The monoisotopic (exact) mass is 413 g/mol. The Kier molecular flexibility index (Phi) is 6.30. The molecule has 1 aromatic carbocycles. The van der Waals surface area contributed by atoms with Crippen LogP contribution in [0.15, 0.2) is 36.5 Å². The summed E-state index contributed by atoms with van der Waals surface area (Å²) in [5.41, 5.74) is 1.77. The van der Waals surface area contributed by atoms with Crippen molar-refractivity contribution in [2.24, 2.45) is 11.8 Å². The first-order valence-electron chi connectivity index (χ1n) is 11.1. The summed E-state index contributed by atoms with van der Waals surface area (Å²) in [5, 5.41) is 0. The molecule has 3 atom stereocenters. The number of ether oxygens (including phenoxy) is 2. The summed E-state index contributed by atoms with van der Waals surface area (Å²) in [6.07, 6.45) is 4.06. The molecule has 0 aliphatic carbocycles. The molecule has 0 saturated carbocycles. The van der Waals surface area contributed by atoms with Crippen LogP contribution < -0.4 is 19.3 Å². The van der Waals surface area contributed by atoms with E-state index in [0.29, 0.717) is 23.9 Å². The summed E-state index contributed by atoms with van der Waals surface area (Å²) < 4.78 is 26.2. The van der Waals surface area contributed by atoms with Gasteiger partial charge in [-0.25, -0.2) is 9.37 Å². The van der Waals surface area contributed by atoms with Gasteiger partial charge in [0.25, 0.3) is 0 Å². The molecule has 2 saturated heterocycles. The fraction of sp³-hybridized carbons (Fsp3) is 0.542. The maximum absolute atomic E-state index is 14.4. The predicted octanol–water partition coefficient (Wildman–Crippen LogP) is 4.76. The number of hydrogen-bond acceptors (Lipinski definition) is 5. The normalized spacial score (nSPS) is 24.2. The molecule has 162 valence electrons. The van der Waals surface area contributed by atoms with Gasteiger partial charge in [-0.3, -0.25) is 0 Å². The largest absolute Gasteiger partial charge is 0.494 e. The second-order valence-corrected chi connectivity index (χ2v) is 8.61. The molecule has 2 aromatic rings. The summed E-state index contributed by atoms with van der Waals surface area (Å²) >= 11 is 0. The Morgan fingerprint density at radius 3 is 2.57 bits per heavy atom. The molecule has 2 unspecified atom stereocenters. The van der Waals surface area contributed by atoms with E-state index in [4.69, 9.17) is 9.47 Å². The Balaban J connectivity index is 1.36. The highest BCUT2D eigenvalue weighted by Crippen LogP contribution is 2.31. The standard InChI is InChI=1S/C24H32FN3O2/c1-4-29-20-6-7-21(25)22(13-20)28-12-10-23(18(3)16-28)30-24-8-5-19(14-26-24)27-11-9-17(2)15-27/h5-8,13-14,17-18,23H,4,9-12,15-16H2,1-3H3/t17-,18?,23?/m1/s1. The van der Waals surface area contributed by atoms with E-state index in [1.54, 1.807) is 12.1 Å². The van der Waals surface area contributed by atoms with Gasteiger partial charge in [0.1, 0.15) is 17.7 Å². The summed E-state index contributed by atoms with van der Waals surface area (Å²) in [5.74, 6) is 2.16. The zero-order chi connectivity index (χ0) is 21.1. The Morgan fingerprint density at radius 2 is 1.90 bits per heavy atom. The minimum Gasteiger partial charge on any atom is -0.494 e. The molecule has 2 fully saturated rings. The maximum Gasteiger partial charge on any atom is 0.213 e. The average Bonchev–Trinajstić information content (AvgIpc) is 3.18. The van der Waals surface area contributed by atoms with Crippen LogP contribution >= 0.6 is 0 Å². The molecular formula is C24H32FN3O2. The van der Waals surface area contributed by atoms with Gasteiger partial charge in [0.15, 0.2) is 0 Å². The summed E-state index contributed by atoms with van der Waals surface area (Å²) in [7, 11) is 0. The second kappa shape index (κ2) is 9.11. The highest BCUT2D eigenvalue weighted by molar-refractivity contribution is 5.52. The van der Waals surface area contributed by atoms with Crippen LogP contribution in [0.3, 0.4) is 0 Å². The molecule has 0 bridgehead atoms. The number of anilines is 2. The first kappa shape index (κ1) is 20.8. The van der Waals surface area contributed by atoms with Crippen molar-refractivity contribution < 1.29 is 13.9 Å². The number of halogens is 1. The molecule has 0 amide bonds. The fourth-order valence-corrected chi connectivity index (χ4v) is 4.46. The van der Waals surface area contributed by atoms with E-state index >= 15 is 0 Å². The first-order valence-corrected chi connectivity index (χ1v) is 11.1. The molecule has 2 aliphatic rings. The Hall–Kier alpha value is -2.50. The minimum absolute atomic E-state index is 0.0737. The third-order valence-electron chi connectivity index (χ3n) is 6.18. The van der Waals surface area contributed by atoms with Crippen molar-refractivity contribution in [1.82, 2.24) is 4.98 Å². The number of nitrogens with zero attached hydrogens (tertiary/aromatic N) is 3. The number of rotatable bonds is 6. The molecule has 0 N–H and O–H groups in total. The molecule has 3 heterocycles. The predicted molar refractivity (Wildman–Crippen MR) is 118 cm³/mol. The van der Waals surface area contributed by atoms with Crippen LogP contribution in [0.1, 0.15) is 33.6 Å². The molecular weight excluding hydrogens is 381 g/mol. The summed E-state index contributed by atoms with van der Waals surface area (Å²) in [4.78, 5) is 9.02. The second-order valence-electron chi connectivity index (χ2n) is 8.61. The average molecular weight is 414 g/mol. The highest BCUT2D eigenvalue weighted by atomic mass is 19.1. The van der Waals surface area contributed by atoms with Crippen molar-refractivity contribution in [3.63, 3.8) is 0 Å². The molecule has 0 radical (unpaired) electrons. The number of pyridine rings is 1. The third-order valence-corrected chi connectivity index (χ3v) is 6.18. The van der Waals surface area contributed by atoms with Gasteiger partial charge in [0, 0.05) is 50.7 Å². The van der Waals surface area contributed by atoms with E-state index in [-0.39, 0.29) is 17.8 Å². The zero-order valence-corrected chi connectivity index (χ0v) is 18.2. The topological polar surface area (TPSA) is 37.8 Å². The Labute approximate surface area is 178 Å². The quantitative estimate of drug-likeness (QED) is 0.683. The number of piperidine rings is 1. The summed E-state index contributed by atoms with van der Waals surface area (Å²) in [6.45, 7) is 10.6. The molecule has 2 aliphatic heterocycles. The Morgan fingerprint density at radius 1 is 1.07 bits per heavy atom. The van der Waals surface area contributed by atoms with Crippen LogP contribution in [0.5, 0.6) is 11.6 Å². The van der Waals surface area contributed by atoms with E-state index in [2.05, 4.69) is 34.7 Å². The van der Waals surface area contributed by atoms with Gasteiger partial charge in [0.2, 0.25) is 5.88 Å². The molecule has 1 aromatic heterocycles. The minimum atomic E-state index is -0.210. The van der Waals surface area contributed by atoms with Crippen LogP contribution in [-0.2, 0) is 0 Å². The molecule has 0 spiro atoms. The van der Waals surface area contributed by atoms with Gasteiger partial charge in [-0.1, -0.05) is 13.8 Å². The lowest BCUT2D eigenvalue weighted by molar-refractivity contribution is 0.116. The van der Waals surface area contributed by atoms with Crippen molar-refractivity contribution in [3.05, 3.63) is 42.3 Å². The van der Waals surface area contributed by atoms with E-state index < -0.39 is 0 Å². The highest BCUT2D eigenvalue weighted by Gasteiger charge is 2.29. The van der Waals surface area contributed by atoms with Crippen LogP contribution in [0.2, 0.25) is 0 Å². The number of hydrogen-bond donors (Lipinski definition) is 0. The van der Waals surface area contributed by atoms with Crippen molar-refractivity contribution in [2.75, 3.05) is 42.6 Å². The molecule has 6 heteroatoms. The van der Waals surface area contributed by atoms with Gasteiger partial charge in [-0.2, -0.15) is 0 Å². The lowest BCUT2D eigenvalue weighted by Gasteiger charge is -2.38.